The van der Waals surface area contributed by atoms with Gasteiger partial charge in [-0.2, -0.15) is 0 Å². The average Bonchev–Trinajstić information content (AvgIpc) is 3.25. The summed E-state index contributed by atoms with van der Waals surface area (Å²) in [5.74, 6) is -1.05. The fraction of sp³-hybridized carbons (Fsp3) is 0.333. The highest BCUT2D eigenvalue weighted by atomic mass is 32.1. The third kappa shape index (κ3) is 2.44. The Labute approximate surface area is 136 Å². The van der Waals surface area contributed by atoms with Crippen LogP contribution in [0, 0.1) is 6.92 Å². The number of nitrogens with zero attached hydrogens (tertiary/aromatic N) is 5. The molecule has 0 bridgehead atoms. The van der Waals surface area contributed by atoms with E-state index in [1.807, 2.05) is 12.1 Å². The molecule has 0 radical (unpaired) electrons. The van der Waals surface area contributed by atoms with Gasteiger partial charge in [-0.05, 0) is 25.0 Å². The van der Waals surface area contributed by atoms with Crippen molar-refractivity contribution >= 4 is 32.7 Å². The molecule has 8 heteroatoms. The van der Waals surface area contributed by atoms with Gasteiger partial charge in [0.1, 0.15) is 0 Å². The van der Waals surface area contributed by atoms with E-state index < -0.39 is 5.97 Å². The molecule has 118 valence electrons. The third-order valence-corrected chi connectivity index (χ3v) is 5.41. The quantitative estimate of drug-likeness (QED) is 0.794. The third-order valence-electron chi connectivity index (χ3n) is 4.14. The summed E-state index contributed by atoms with van der Waals surface area (Å²) in [4.78, 5) is 17.9. The number of carboxylic acid groups (broad SMARTS) is 1. The Morgan fingerprint density at radius 2 is 2.30 bits per heavy atom. The van der Waals surface area contributed by atoms with E-state index in [2.05, 4.69) is 28.2 Å². The van der Waals surface area contributed by atoms with Crippen molar-refractivity contribution in [3.8, 4) is 0 Å². The van der Waals surface area contributed by atoms with Crippen LogP contribution in [0.25, 0.3) is 10.2 Å². The summed E-state index contributed by atoms with van der Waals surface area (Å²) in [7, 11) is 0. The number of fused-ring (bicyclic) bond motifs is 1. The molecule has 1 aliphatic heterocycles. The van der Waals surface area contributed by atoms with E-state index in [1.54, 1.807) is 16.0 Å². The minimum absolute atomic E-state index is 0.0148. The lowest BCUT2D eigenvalue weighted by Crippen LogP contribution is -2.20. The fourth-order valence-corrected chi connectivity index (χ4v) is 3.96. The number of hydrogen-bond donors (Lipinski definition) is 1. The summed E-state index contributed by atoms with van der Waals surface area (Å²) in [5.41, 5.74) is 2.26. The van der Waals surface area contributed by atoms with Gasteiger partial charge in [-0.25, -0.2) is 14.5 Å². The first-order valence-electron chi connectivity index (χ1n) is 7.38. The van der Waals surface area contributed by atoms with Gasteiger partial charge in [0.15, 0.2) is 10.8 Å². The molecule has 1 unspecified atom stereocenters. The number of anilines is 1. The number of aromatic nitrogens is 4. The minimum Gasteiger partial charge on any atom is -0.476 e. The van der Waals surface area contributed by atoms with E-state index >= 15 is 0 Å². The minimum atomic E-state index is -1.05. The lowest BCUT2D eigenvalue weighted by atomic mass is 10.2. The number of rotatable bonds is 3. The van der Waals surface area contributed by atoms with Gasteiger partial charge in [0.2, 0.25) is 0 Å². The van der Waals surface area contributed by atoms with Gasteiger partial charge >= 0.3 is 5.97 Å². The Morgan fingerprint density at radius 3 is 3.04 bits per heavy atom. The number of aromatic carboxylic acids is 1. The maximum atomic E-state index is 10.9. The van der Waals surface area contributed by atoms with E-state index in [4.69, 9.17) is 10.1 Å². The van der Waals surface area contributed by atoms with Crippen LogP contribution in [-0.2, 0) is 0 Å². The van der Waals surface area contributed by atoms with Crippen LogP contribution in [0.2, 0.25) is 0 Å². The highest BCUT2D eigenvalue weighted by molar-refractivity contribution is 7.22. The fourth-order valence-electron chi connectivity index (χ4n) is 2.89. The Hall–Kier alpha value is -2.48. The Balaban J connectivity index is 1.57. The topological polar surface area (TPSA) is 84.1 Å². The van der Waals surface area contributed by atoms with Gasteiger partial charge in [0.25, 0.3) is 0 Å². The number of hydrogen-bond acceptors (Lipinski definition) is 6. The lowest BCUT2D eigenvalue weighted by molar-refractivity contribution is 0.0690. The molecular formula is C15H15N5O2S. The van der Waals surface area contributed by atoms with Gasteiger partial charge < -0.3 is 10.0 Å². The second-order valence-electron chi connectivity index (χ2n) is 5.70. The molecule has 3 heterocycles. The van der Waals surface area contributed by atoms with Crippen LogP contribution >= 0.6 is 11.3 Å². The SMILES string of the molecule is Cc1cccc2nc(N3CCC(n4cc(C(=O)O)nn4)C3)sc12. The number of aryl methyl sites for hydroxylation is 1. The van der Waals surface area contributed by atoms with Crippen molar-refractivity contribution in [2.75, 3.05) is 18.0 Å². The van der Waals surface area contributed by atoms with Gasteiger partial charge in [0, 0.05) is 13.1 Å². The van der Waals surface area contributed by atoms with Crippen LogP contribution in [0.4, 0.5) is 5.13 Å². The van der Waals surface area contributed by atoms with Crippen LogP contribution in [-0.4, -0.2) is 44.1 Å². The van der Waals surface area contributed by atoms with Crippen LogP contribution in [0.15, 0.2) is 24.4 Å². The number of carboxylic acids is 1. The van der Waals surface area contributed by atoms with E-state index in [0.717, 1.165) is 30.2 Å². The van der Waals surface area contributed by atoms with Crippen molar-refractivity contribution in [3.05, 3.63) is 35.7 Å². The second kappa shape index (κ2) is 5.31. The Kier molecular flexibility index (Phi) is 3.26. The zero-order chi connectivity index (χ0) is 16.0. The zero-order valence-corrected chi connectivity index (χ0v) is 13.3. The van der Waals surface area contributed by atoms with Crippen molar-refractivity contribution in [3.63, 3.8) is 0 Å². The first-order valence-corrected chi connectivity index (χ1v) is 8.19. The molecular weight excluding hydrogens is 314 g/mol. The van der Waals surface area contributed by atoms with Crippen molar-refractivity contribution in [1.29, 1.82) is 0 Å². The van der Waals surface area contributed by atoms with Gasteiger partial charge in [-0.15, -0.1) is 5.10 Å². The first-order chi connectivity index (χ1) is 11.1. The van der Waals surface area contributed by atoms with Gasteiger partial charge in [-0.1, -0.05) is 28.7 Å². The molecule has 23 heavy (non-hydrogen) atoms. The monoisotopic (exact) mass is 329 g/mol. The molecule has 1 saturated heterocycles. The van der Waals surface area contributed by atoms with Crippen molar-refractivity contribution in [1.82, 2.24) is 20.0 Å². The maximum Gasteiger partial charge on any atom is 0.358 e. The molecule has 0 saturated carbocycles. The van der Waals surface area contributed by atoms with Crippen LogP contribution in [0.1, 0.15) is 28.5 Å². The van der Waals surface area contributed by atoms with Gasteiger partial charge in [-0.3, -0.25) is 0 Å². The number of benzene rings is 1. The van der Waals surface area contributed by atoms with Crippen LogP contribution in [0.3, 0.4) is 0 Å². The molecule has 7 nitrogen and oxygen atoms in total. The van der Waals surface area contributed by atoms with Crippen LogP contribution in [0.5, 0.6) is 0 Å². The number of carbonyl (C=O) groups is 1. The maximum absolute atomic E-state index is 10.9. The summed E-state index contributed by atoms with van der Waals surface area (Å²) in [5, 5.41) is 17.6. The molecule has 1 aliphatic rings. The number of thiazole rings is 1. The van der Waals surface area contributed by atoms with Crippen molar-refractivity contribution < 1.29 is 9.90 Å². The summed E-state index contributed by atoms with van der Waals surface area (Å²) in [6.45, 7) is 3.74. The molecule has 1 atom stereocenters. The Bertz CT molecular complexity index is 887. The standard InChI is InChI=1S/C15H15N5O2S/c1-9-3-2-4-11-13(9)23-15(16-11)19-6-5-10(7-19)20-8-12(14(21)22)17-18-20/h2-4,8,10H,5-7H2,1H3,(H,21,22). The zero-order valence-electron chi connectivity index (χ0n) is 12.5. The molecule has 0 amide bonds. The van der Waals surface area contributed by atoms with Gasteiger partial charge in [0.05, 0.1) is 22.5 Å². The summed E-state index contributed by atoms with van der Waals surface area (Å²) in [6, 6.07) is 6.28. The predicted octanol–water partition coefficient (Wildman–Crippen LogP) is 2.35. The lowest BCUT2D eigenvalue weighted by Gasteiger charge is -2.14. The highest BCUT2D eigenvalue weighted by Crippen LogP contribution is 2.34. The molecule has 2 aromatic heterocycles. The average molecular weight is 329 g/mol. The molecule has 1 N–H and O–H groups in total. The normalized spacial score (nSPS) is 18.0. The van der Waals surface area contributed by atoms with E-state index in [0.29, 0.717) is 0 Å². The van der Waals surface area contributed by atoms with E-state index in [-0.39, 0.29) is 11.7 Å². The molecule has 0 spiro atoms. The summed E-state index contributed by atoms with van der Waals surface area (Å²) >= 11 is 1.70. The van der Waals surface area contributed by atoms with Crippen molar-refractivity contribution in [2.45, 2.75) is 19.4 Å². The Morgan fingerprint density at radius 1 is 1.43 bits per heavy atom. The molecule has 1 aromatic carbocycles. The molecule has 1 fully saturated rings. The smallest absolute Gasteiger partial charge is 0.358 e. The molecule has 3 aromatic rings. The largest absolute Gasteiger partial charge is 0.476 e. The molecule has 4 rings (SSSR count). The summed E-state index contributed by atoms with van der Waals surface area (Å²) < 4.78 is 2.88. The van der Waals surface area contributed by atoms with E-state index in [9.17, 15) is 4.79 Å². The second-order valence-corrected chi connectivity index (χ2v) is 6.67. The van der Waals surface area contributed by atoms with Crippen LogP contribution < -0.4 is 4.90 Å². The van der Waals surface area contributed by atoms with E-state index in [1.165, 1.54) is 16.5 Å². The first kappa shape index (κ1) is 14.1. The highest BCUT2D eigenvalue weighted by Gasteiger charge is 2.27. The predicted molar refractivity (Wildman–Crippen MR) is 87.2 cm³/mol. The molecule has 0 aliphatic carbocycles. The van der Waals surface area contributed by atoms with Crippen molar-refractivity contribution in [2.24, 2.45) is 0 Å². The summed E-state index contributed by atoms with van der Waals surface area (Å²) in [6.07, 6.45) is 2.40.